The highest BCUT2D eigenvalue weighted by Gasteiger charge is 2.49. The van der Waals surface area contributed by atoms with Crippen molar-refractivity contribution in [2.45, 2.75) is 5.51 Å². The molecule has 1 heterocycles. The lowest BCUT2D eigenvalue weighted by atomic mass is 10.1. The number of benzene rings is 2. The Morgan fingerprint density at radius 2 is 1.69 bits per heavy atom. The molecule has 0 atom stereocenters. The Morgan fingerprint density at radius 1 is 1.04 bits per heavy atom. The Morgan fingerprint density at radius 3 is 2.31 bits per heavy atom. The van der Waals surface area contributed by atoms with E-state index in [2.05, 4.69) is 20.1 Å². The molecule has 0 amide bonds. The highest BCUT2D eigenvalue weighted by molar-refractivity contribution is 9.10. The lowest BCUT2D eigenvalue weighted by Gasteiger charge is -2.13. The Labute approximate surface area is 153 Å². The predicted octanol–water partition coefficient (Wildman–Crippen LogP) is 4.45. The minimum Gasteiger partial charge on any atom is -0.452 e. The maximum atomic E-state index is 12.7. The SMILES string of the molecule is O=c1c(OS(=O)(=O)C(F)(F)F)c(-c2ccccc2)oc2ccc(Br)cc12. The van der Waals surface area contributed by atoms with Crippen molar-refractivity contribution < 1.29 is 30.2 Å². The molecule has 0 spiro atoms. The van der Waals surface area contributed by atoms with Gasteiger partial charge in [-0.3, -0.25) is 4.79 Å². The third-order valence-corrected chi connectivity index (χ3v) is 4.77. The van der Waals surface area contributed by atoms with Crippen LogP contribution in [0, 0.1) is 0 Å². The maximum Gasteiger partial charge on any atom is 0.534 e. The molecular formula is C16H8BrF3O5S. The summed E-state index contributed by atoms with van der Waals surface area (Å²) >= 11 is 3.13. The molecule has 0 aliphatic rings. The summed E-state index contributed by atoms with van der Waals surface area (Å²) < 4.78 is 71.1. The fraction of sp³-hybridized carbons (Fsp3) is 0.0625. The standard InChI is InChI=1S/C16H8BrF3O5S/c17-10-6-7-12-11(8-10)13(21)15(25-26(22,23)16(18,19)20)14(24-12)9-4-2-1-3-5-9/h1-8H. The van der Waals surface area contributed by atoms with Gasteiger partial charge in [-0.15, -0.1) is 0 Å². The normalized spacial score (nSPS) is 12.3. The van der Waals surface area contributed by atoms with Gasteiger partial charge in [-0.1, -0.05) is 46.3 Å². The van der Waals surface area contributed by atoms with Gasteiger partial charge in [0.15, 0.2) is 5.76 Å². The van der Waals surface area contributed by atoms with Gasteiger partial charge in [-0.25, -0.2) is 0 Å². The Kier molecular flexibility index (Phi) is 4.57. The topological polar surface area (TPSA) is 73.6 Å². The molecule has 0 N–H and O–H groups in total. The minimum atomic E-state index is -6.05. The summed E-state index contributed by atoms with van der Waals surface area (Å²) in [4.78, 5) is 12.6. The Hall–Kier alpha value is -2.33. The van der Waals surface area contributed by atoms with Crippen LogP contribution in [0.25, 0.3) is 22.3 Å². The lowest BCUT2D eigenvalue weighted by molar-refractivity contribution is -0.0500. The molecule has 0 aliphatic carbocycles. The summed E-state index contributed by atoms with van der Waals surface area (Å²) in [6, 6.07) is 11.9. The molecule has 136 valence electrons. The van der Waals surface area contributed by atoms with Crippen molar-refractivity contribution in [2.75, 3.05) is 0 Å². The van der Waals surface area contributed by atoms with Crippen molar-refractivity contribution in [3.63, 3.8) is 0 Å². The number of hydrogen-bond donors (Lipinski definition) is 0. The van der Waals surface area contributed by atoms with Crippen molar-refractivity contribution in [2.24, 2.45) is 0 Å². The molecular weight excluding hydrogens is 441 g/mol. The quantitative estimate of drug-likeness (QED) is 0.437. The Balaban J connectivity index is 2.35. The van der Waals surface area contributed by atoms with Gasteiger partial charge in [-0.2, -0.15) is 21.6 Å². The van der Waals surface area contributed by atoms with Crippen LogP contribution in [0.1, 0.15) is 0 Å². The van der Waals surface area contributed by atoms with E-state index in [9.17, 15) is 26.4 Å². The second-order valence-electron chi connectivity index (χ2n) is 5.08. The molecule has 3 aromatic rings. The van der Waals surface area contributed by atoms with Gasteiger partial charge in [0.1, 0.15) is 5.58 Å². The first-order valence-corrected chi connectivity index (χ1v) is 9.13. The van der Waals surface area contributed by atoms with Crippen LogP contribution in [0.5, 0.6) is 5.75 Å². The first-order valence-electron chi connectivity index (χ1n) is 6.93. The highest BCUT2D eigenvalue weighted by atomic mass is 79.9. The summed E-state index contributed by atoms with van der Waals surface area (Å²) in [5.41, 5.74) is -6.49. The van der Waals surface area contributed by atoms with Gasteiger partial charge in [0.2, 0.25) is 11.2 Å². The molecule has 3 rings (SSSR count). The van der Waals surface area contributed by atoms with Gasteiger partial charge >= 0.3 is 15.6 Å². The van der Waals surface area contributed by atoms with E-state index in [1.165, 1.54) is 24.3 Å². The second-order valence-corrected chi connectivity index (χ2v) is 7.53. The molecule has 0 fully saturated rings. The number of fused-ring (bicyclic) bond motifs is 1. The molecule has 0 saturated carbocycles. The molecule has 1 aromatic heterocycles. The smallest absolute Gasteiger partial charge is 0.452 e. The Bertz CT molecular complexity index is 1140. The zero-order chi connectivity index (χ0) is 19.1. The van der Waals surface area contributed by atoms with Crippen LogP contribution >= 0.6 is 15.9 Å². The second kappa shape index (κ2) is 6.44. The van der Waals surface area contributed by atoms with Crippen molar-refractivity contribution in [1.29, 1.82) is 0 Å². The zero-order valence-corrected chi connectivity index (χ0v) is 15.0. The van der Waals surface area contributed by atoms with E-state index in [-0.39, 0.29) is 16.5 Å². The van der Waals surface area contributed by atoms with Crippen molar-refractivity contribution in [1.82, 2.24) is 0 Å². The number of rotatable bonds is 3. The van der Waals surface area contributed by atoms with E-state index in [0.29, 0.717) is 4.47 Å². The molecule has 0 unspecified atom stereocenters. The summed E-state index contributed by atoms with van der Waals surface area (Å²) in [5.74, 6) is -1.47. The predicted molar refractivity (Wildman–Crippen MR) is 91.2 cm³/mol. The minimum absolute atomic E-state index is 0.0637. The molecule has 2 aromatic carbocycles. The van der Waals surface area contributed by atoms with Crippen LogP contribution in [-0.2, 0) is 10.1 Å². The highest BCUT2D eigenvalue weighted by Crippen LogP contribution is 2.34. The van der Waals surface area contributed by atoms with E-state index in [1.54, 1.807) is 24.3 Å². The summed E-state index contributed by atoms with van der Waals surface area (Å²) in [7, 11) is -6.05. The van der Waals surface area contributed by atoms with E-state index < -0.39 is 32.6 Å². The summed E-state index contributed by atoms with van der Waals surface area (Å²) in [6.45, 7) is 0. The van der Waals surface area contributed by atoms with E-state index in [1.807, 2.05) is 0 Å². The summed E-state index contributed by atoms with van der Waals surface area (Å²) in [6.07, 6.45) is 0. The van der Waals surface area contributed by atoms with Crippen LogP contribution < -0.4 is 9.61 Å². The van der Waals surface area contributed by atoms with E-state index in [4.69, 9.17) is 4.42 Å². The van der Waals surface area contributed by atoms with Gasteiger partial charge in [0, 0.05) is 10.0 Å². The molecule has 0 bridgehead atoms. The van der Waals surface area contributed by atoms with Crippen molar-refractivity contribution in [3.8, 4) is 17.1 Å². The van der Waals surface area contributed by atoms with Crippen LogP contribution in [0.2, 0.25) is 0 Å². The average molecular weight is 449 g/mol. The maximum absolute atomic E-state index is 12.7. The molecule has 10 heteroatoms. The van der Waals surface area contributed by atoms with Gasteiger partial charge in [-0.05, 0) is 18.2 Å². The number of halogens is 4. The third kappa shape index (κ3) is 3.34. The molecule has 0 aliphatic heterocycles. The third-order valence-electron chi connectivity index (χ3n) is 3.32. The first kappa shape index (κ1) is 18.5. The first-order chi connectivity index (χ1) is 12.1. The van der Waals surface area contributed by atoms with Crippen LogP contribution in [0.3, 0.4) is 0 Å². The van der Waals surface area contributed by atoms with E-state index in [0.717, 1.165) is 0 Å². The van der Waals surface area contributed by atoms with Crippen molar-refractivity contribution in [3.05, 3.63) is 63.2 Å². The lowest BCUT2D eigenvalue weighted by Crippen LogP contribution is -2.30. The van der Waals surface area contributed by atoms with E-state index >= 15 is 0 Å². The monoisotopic (exact) mass is 448 g/mol. The largest absolute Gasteiger partial charge is 0.534 e. The summed E-state index contributed by atoms with van der Waals surface area (Å²) in [5, 5.41) is -0.133. The molecule has 0 saturated heterocycles. The van der Waals surface area contributed by atoms with Gasteiger partial charge < -0.3 is 8.60 Å². The van der Waals surface area contributed by atoms with Crippen LogP contribution in [-0.4, -0.2) is 13.9 Å². The van der Waals surface area contributed by atoms with Gasteiger partial charge in [0.25, 0.3) is 0 Å². The van der Waals surface area contributed by atoms with Crippen LogP contribution in [0.15, 0.2) is 62.2 Å². The molecule has 5 nitrogen and oxygen atoms in total. The fourth-order valence-electron chi connectivity index (χ4n) is 2.16. The van der Waals surface area contributed by atoms with Crippen LogP contribution in [0.4, 0.5) is 13.2 Å². The molecule has 0 radical (unpaired) electrons. The molecule has 26 heavy (non-hydrogen) atoms. The average Bonchev–Trinajstić information content (AvgIpc) is 2.57. The number of hydrogen-bond acceptors (Lipinski definition) is 5. The van der Waals surface area contributed by atoms with Crippen molar-refractivity contribution >= 4 is 37.0 Å². The number of alkyl halides is 3. The zero-order valence-electron chi connectivity index (χ0n) is 12.6. The fourth-order valence-corrected chi connectivity index (χ4v) is 2.99. The van der Waals surface area contributed by atoms with Gasteiger partial charge in [0.05, 0.1) is 5.39 Å².